The van der Waals surface area contributed by atoms with Gasteiger partial charge in [-0.15, -0.1) is 46.7 Å². The Morgan fingerprint density at radius 2 is 1.34 bits per heavy atom. The second kappa shape index (κ2) is 11.4. The normalized spacial score (nSPS) is 10.4. The number of rotatable bonds is 1. The van der Waals surface area contributed by atoms with Gasteiger partial charge in [-0.3, -0.25) is 0 Å². The van der Waals surface area contributed by atoms with E-state index in [1.54, 1.807) is 53.7 Å². The summed E-state index contributed by atoms with van der Waals surface area (Å²) in [5, 5.41) is 1.37. The molecule has 0 nitrogen and oxygen atoms in total. The molecule has 0 spiro atoms. The van der Waals surface area contributed by atoms with Crippen molar-refractivity contribution in [3.63, 3.8) is 0 Å². The maximum atomic E-state index is 13.8. The Hall–Kier alpha value is -1.78. The summed E-state index contributed by atoms with van der Waals surface area (Å²) in [6, 6.07) is 12.7. The Balaban J connectivity index is 0.000000233. The van der Waals surface area contributed by atoms with E-state index in [1.165, 1.54) is 28.3 Å². The van der Waals surface area contributed by atoms with Gasteiger partial charge in [0.15, 0.2) is 17.5 Å². The molecule has 0 N–H and O–H groups in total. The average molecular weight is 534 g/mol. The van der Waals surface area contributed by atoms with E-state index in [9.17, 15) is 17.6 Å². The van der Waals surface area contributed by atoms with Crippen molar-refractivity contribution in [2.24, 2.45) is 0 Å². The van der Waals surface area contributed by atoms with Crippen LogP contribution in [0, 0.1) is 51.0 Å². The molecule has 0 saturated heterocycles. The maximum Gasteiger partial charge on any atom is 0.194 e. The van der Waals surface area contributed by atoms with Gasteiger partial charge in [-0.2, -0.15) is 28.3 Å². The van der Waals surface area contributed by atoms with Crippen molar-refractivity contribution in [3.05, 3.63) is 94.1 Å². The van der Waals surface area contributed by atoms with Crippen molar-refractivity contribution in [1.29, 1.82) is 0 Å². The summed E-state index contributed by atoms with van der Waals surface area (Å²) < 4.78 is 53.7. The molecule has 0 bridgehead atoms. The second-order valence-electron chi connectivity index (χ2n) is 7.94. The minimum absolute atomic E-state index is 0.210. The zero-order valence-corrected chi connectivity index (χ0v) is 22.6. The van der Waals surface area contributed by atoms with Gasteiger partial charge < -0.3 is 0 Å². The minimum atomic E-state index is -1.67. The van der Waals surface area contributed by atoms with Crippen LogP contribution < -0.4 is 0 Å². The van der Waals surface area contributed by atoms with Gasteiger partial charge in [-0.05, 0) is 0 Å². The summed E-state index contributed by atoms with van der Waals surface area (Å²) >= 11 is 1.74. The molecule has 0 saturated carbocycles. The number of fused-ring (bicyclic) bond motifs is 1. The monoisotopic (exact) mass is 532 g/mol. The van der Waals surface area contributed by atoms with E-state index < -0.39 is 28.8 Å². The van der Waals surface area contributed by atoms with E-state index in [0.717, 1.165) is 5.39 Å². The van der Waals surface area contributed by atoms with Gasteiger partial charge in [0, 0.05) is 11.6 Å². The summed E-state index contributed by atoms with van der Waals surface area (Å²) in [4.78, 5) is 0. The summed E-state index contributed by atoms with van der Waals surface area (Å²) in [5.41, 5.74) is 5.63. The van der Waals surface area contributed by atoms with E-state index in [0.29, 0.717) is 11.5 Å². The third kappa shape index (κ3) is 6.17. The Morgan fingerprint density at radius 3 is 1.84 bits per heavy atom. The van der Waals surface area contributed by atoms with Crippen LogP contribution in [-0.4, -0.2) is 5.43 Å². The Morgan fingerprint density at radius 1 is 0.812 bits per heavy atom. The summed E-state index contributed by atoms with van der Waals surface area (Å²) in [6.07, 6.45) is 0. The van der Waals surface area contributed by atoms with E-state index in [1.807, 2.05) is 0 Å². The molecular weight excluding hydrogens is 508 g/mol. The predicted molar refractivity (Wildman–Crippen MR) is 123 cm³/mol. The van der Waals surface area contributed by atoms with E-state index in [2.05, 4.69) is 46.9 Å². The first-order valence-corrected chi connectivity index (χ1v) is 16.3. The molecule has 4 aromatic rings. The van der Waals surface area contributed by atoms with Crippen LogP contribution in [0.1, 0.15) is 22.3 Å². The van der Waals surface area contributed by atoms with Crippen LogP contribution in [0.3, 0.4) is 0 Å². The Kier molecular flexibility index (Phi) is 9.41. The fraction of sp³-hybridized carbons (Fsp3) is 0.231. The van der Waals surface area contributed by atoms with Gasteiger partial charge >= 0.3 is 41.9 Å². The molecule has 0 unspecified atom stereocenters. The third-order valence-electron chi connectivity index (χ3n) is 5.24. The van der Waals surface area contributed by atoms with Crippen LogP contribution >= 0.6 is 0 Å². The van der Waals surface area contributed by atoms with E-state index in [-0.39, 0.29) is 11.0 Å². The van der Waals surface area contributed by atoms with Gasteiger partial charge in [0.2, 0.25) is 0 Å². The summed E-state index contributed by atoms with van der Waals surface area (Å²) in [7, 11) is 0. The van der Waals surface area contributed by atoms with Crippen LogP contribution in [-0.2, 0) is 23.3 Å². The molecule has 0 atom stereocenters. The van der Waals surface area contributed by atoms with Gasteiger partial charge in [0.1, 0.15) is 5.82 Å². The molecular formula is C26H26F4SiZr. The predicted octanol–water partition coefficient (Wildman–Crippen LogP) is 8.21. The Bertz CT molecular complexity index is 1220. The number of hydrogen-bond donors (Lipinski definition) is 0. The molecule has 6 heteroatoms. The van der Waals surface area contributed by atoms with Crippen LogP contribution in [0.2, 0.25) is 13.1 Å². The van der Waals surface area contributed by atoms with Crippen LogP contribution in [0.15, 0.2) is 48.5 Å². The molecule has 0 aliphatic rings. The van der Waals surface area contributed by atoms with Crippen molar-refractivity contribution >= 4 is 16.2 Å². The summed E-state index contributed by atoms with van der Waals surface area (Å²) in [6.45, 7) is 13.3. The van der Waals surface area contributed by atoms with Crippen LogP contribution in [0.4, 0.5) is 17.6 Å². The third-order valence-corrected chi connectivity index (χ3v) is 5.24. The van der Waals surface area contributed by atoms with Crippen molar-refractivity contribution in [2.75, 3.05) is 0 Å². The quantitative estimate of drug-likeness (QED) is 0.0760. The molecule has 0 aliphatic heterocycles. The molecule has 0 amide bonds. The van der Waals surface area contributed by atoms with Crippen molar-refractivity contribution in [2.45, 2.75) is 40.8 Å². The fourth-order valence-corrected chi connectivity index (χ4v) is 3.31. The van der Waals surface area contributed by atoms with Crippen molar-refractivity contribution in [1.82, 2.24) is 0 Å². The first-order valence-electron chi connectivity index (χ1n) is 10.1. The molecule has 0 radical (unpaired) electrons. The van der Waals surface area contributed by atoms with Gasteiger partial charge in [0.25, 0.3) is 0 Å². The maximum absolute atomic E-state index is 13.8. The first-order chi connectivity index (χ1) is 15.0. The van der Waals surface area contributed by atoms with E-state index in [4.69, 9.17) is 0 Å². The largest absolute Gasteiger partial charge is 0.207 e. The number of hydrogen-bond acceptors (Lipinski definition) is 0. The van der Waals surface area contributed by atoms with Crippen molar-refractivity contribution < 1.29 is 40.9 Å². The SMILES string of the molecule is C[Si](C)=[Zr+2].Cc1[cH-]c(C)c(C)c1C.Fc1cc(F)c(-c2c[cH-]c3ccccc23)c(F)c1F. The standard InChI is InChI=1S/C15H7F4.C9H13.C2H6Si.Zr/c16-11-7-12(17)14(18)15(19)13(11)10-6-5-8-3-1-2-4-9(8)10;1-6-5-7(2)9(4)8(6)3;1-3-2;/h1-7H;5H,1-4H3;1-2H3;/q2*-1;;+2. The second-order valence-corrected chi connectivity index (χ2v) is 17.3. The zero-order chi connectivity index (χ0) is 24.2. The molecule has 166 valence electrons. The molecule has 32 heavy (non-hydrogen) atoms. The fourth-order valence-electron chi connectivity index (χ4n) is 3.31. The Labute approximate surface area is 202 Å². The van der Waals surface area contributed by atoms with Crippen LogP contribution in [0.25, 0.3) is 21.9 Å². The number of benzene rings is 2. The summed E-state index contributed by atoms with van der Waals surface area (Å²) in [5.74, 6) is -5.82. The molecule has 4 rings (SSSR count). The first kappa shape index (κ1) is 26.5. The number of aryl methyl sites for hydroxylation is 2. The smallest absolute Gasteiger partial charge is 0.194 e. The molecule has 0 aromatic heterocycles. The number of halogens is 4. The van der Waals surface area contributed by atoms with Crippen molar-refractivity contribution in [3.8, 4) is 11.1 Å². The van der Waals surface area contributed by atoms with Crippen LogP contribution in [0.5, 0.6) is 0 Å². The molecule has 4 aromatic carbocycles. The molecule has 0 heterocycles. The minimum Gasteiger partial charge on any atom is -0.207 e. The van der Waals surface area contributed by atoms with Gasteiger partial charge in [-0.1, -0.05) is 33.8 Å². The van der Waals surface area contributed by atoms with E-state index >= 15 is 0 Å². The topological polar surface area (TPSA) is 0 Å². The van der Waals surface area contributed by atoms with Gasteiger partial charge in [0.05, 0.1) is 0 Å². The molecule has 0 aliphatic carbocycles. The van der Waals surface area contributed by atoms with Gasteiger partial charge in [-0.25, -0.2) is 17.6 Å². The molecule has 0 fully saturated rings. The average Bonchev–Trinajstić information content (AvgIpc) is 3.23. The zero-order valence-electron chi connectivity index (χ0n) is 19.1.